The van der Waals surface area contributed by atoms with E-state index >= 15 is 0 Å². The van der Waals surface area contributed by atoms with Crippen LogP contribution in [0.2, 0.25) is 0 Å². The Bertz CT molecular complexity index is 149. The predicted octanol–water partition coefficient (Wildman–Crippen LogP) is 1.05. The maximum absolute atomic E-state index is 10.0. The molecule has 0 heterocycles. The van der Waals surface area contributed by atoms with Crippen molar-refractivity contribution in [1.29, 1.82) is 0 Å². The van der Waals surface area contributed by atoms with Gasteiger partial charge < -0.3 is 9.90 Å². The lowest BCUT2D eigenvalue weighted by molar-refractivity contribution is -0.114. The smallest absolute Gasteiger partial charge is 0.148 e. The van der Waals surface area contributed by atoms with E-state index in [0.29, 0.717) is 12.7 Å². The van der Waals surface area contributed by atoms with Gasteiger partial charge >= 0.3 is 0 Å². The normalized spacial score (nSPS) is 20.3. The molecule has 2 nitrogen and oxygen atoms in total. The minimum atomic E-state index is -0.774. The second kappa shape index (κ2) is 3.52. The fraction of sp³-hybridized carbons (Fsp3) is 0.625. The van der Waals surface area contributed by atoms with Gasteiger partial charge in [0, 0.05) is 6.42 Å². The maximum Gasteiger partial charge on any atom is 0.148 e. The third-order valence-corrected chi connectivity index (χ3v) is 1.76. The highest BCUT2D eigenvalue weighted by Crippen LogP contribution is 2.21. The van der Waals surface area contributed by atoms with E-state index in [-0.39, 0.29) is 0 Å². The average Bonchev–Trinajstić information content (AvgIpc) is 2.40. The van der Waals surface area contributed by atoms with Crippen LogP contribution in [0.4, 0.5) is 0 Å². The molecule has 1 unspecified atom stereocenters. The van der Waals surface area contributed by atoms with E-state index in [2.05, 4.69) is 6.08 Å². The van der Waals surface area contributed by atoms with Gasteiger partial charge in [0.25, 0.3) is 0 Å². The molecule has 2 heteroatoms. The molecule has 1 aliphatic carbocycles. The quantitative estimate of drug-likeness (QED) is 0.470. The Morgan fingerprint density at radius 2 is 2.60 bits per heavy atom. The minimum absolute atomic E-state index is 0.545. The molecule has 10 heavy (non-hydrogen) atoms. The van der Waals surface area contributed by atoms with Gasteiger partial charge in [-0.05, 0) is 19.3 Å². The molecule has 0 bridgehead atoms. The highest BCUT2D eigenvalue weighted by Gasteiger charge is 2.08. The Hall–Kier alpha value is -0.630. The van der Waals surface area contributed by atoms with E-state index in [0.717, 1.165) is 12.8 Å². The number of aliphatic hydroxyl groups excluding tert-OH is 1. The molecule has 1 atom stereocenters. The van der Waals surface area contributed by atoms with Gasteiger partial charge in [0.2, 0.25) is 0 Å². The number of allylic oxidation sites excluding steroid dienone is 1. The average molecular weight is 140 g/mol. The van der Waals surface area contributed by atoms with Crippen molar-refractivity contribution in [2.75, 3.05) is 0 Å². The van der Waals surface area contributed by atoms with Gasteiger partial charge in [0.05, 0.1) is 0 Å². The van der Waals surface area contributed by atoms with E-state index < -0.39 is 6.10 Å². The fourth-order valence-corrected chi connectivity index (χ4v) is 1.24. The largest absolute Gasteiger partial charge is 0.385 e. The minimum Gasteiger partial charge on any atom is -0.385 e. The number of carbonyl (C=O) groups excluding carboxylic acids is 1. The van der Waals surface area contributed by atoms with Crippen LogP contribution in [0.3, 0.4) is 0 Å². The molecule has 0 aromatic carbocycles. The standard InChI is InChI=1S/C8H12O2/c9-6-8(10)5-7-3-1-2-4-7/h3,6,8,10H,1-2,4-5H2. The highest BCUT2D eigenvalue weighted by atomic mass is 16.3. The van der Waals surface area contributed by atoms with Crippen LogP contribution in [-0.2, 0) is 4.79 Å². The summed E-state index contributed by atoms with van der Waals surface area (Å²) in [5, 5.41) is 8.91. The third kappa shape index (κ3) is 1.95. The highest BCUT2D eigenvalue weighted by molar-refractivity contribution is 5.56. The van der Waals surface area contributed by atoms with Gasteiger partial charge in [0.15, 0.2) is 0 Å². The summed E-state index contributed by atoms with van der Waals surface area (Å²) in [4.78, 5) is 10.0. The number of hydrogen-bond donors (Lipinski definition) is 1. The first kappa shape index (κ1) is 7.48. The second-order valence-corrected chi connectivity index (χ2v) is 2.66. The number of carbonyl (C=O) groups is 1. The van der Waals surface area contributed by atoms with Crippen LogP contribution in [0.25, 0.3) is 0 Å². The van der Waals surface area contributed by atoms with Crippen LogP contribution in [0.1, 0.15) is 25.7 Å². The fourth-order valence-electron chi connectivity index (χ4n) is 1.24. The van der Waals surface area contributed by atoms with Gasteiger partial charge in [0.1, 0.15) is 12.4 Å². The van der Waals surface area contributed by atoms with Crippen LogP contribution in [0, 0.1) is 0 Å². The van der Waals surface area contributed by atoms with Gasteiger partial charge in [-0.3, -0.25) is 0 Å². The summed E-state index contributed by atoms with van der Waals surface area (Å²) in [5.41, 5.74) is 1.24. The van der Waals surface area contributed by atoms with Gasteiger partial charge in [-0.1, -0.05) is 11.6 Å². The molecule has 1 aliphatic rings. The van der Waals surface area contributed by atoms with Crippen molar-refractivity contribution in [3.63, 3.8) is 0 Å². The SMILES string of the molecule is O=CC(O)CC1=CCCC1. The lowest BCUT2D eigenvalue weighted by Crippen LogP contribution is -2.07. The Balaban J connectivity index is 2.30. The van der Waals surface area contributed by atoms with Crippen LogP contribution in [0.15, 0.2) is 11.6 Å². The number of rotatable bonds is 3. The second-order valence-electron chi connectivity index (χ2n) is 2.66. The lowest BCUT2D eigenvalue weighted by atomic mass is 10.1. The Morgan fingerprint density at radius 3 is 3.10 bits per heavy atom. The molecule has 0 fully saturated rings. The zero-order chi connectivity index (χ0) is 7.40. The summed E-state index contributed by atoms with van der Waals surface area (Å²) >= 11 is 0. The summed E-state index contributed by atoms with van der Waals surface area (Å²) in [6.07, 6.45) is 5.84. The first-order valence-electron chi connectivity index (χ1n) is 3.64. The molecule has 1 rings (SSSR count). The lowest BCUT2D eigenvalue weighted by Gasteiger charge is -2.01. The summed E-state index contributed by atoms with van der Waals surface area (Å²) < 4.78 is 0. The molecule has 56 valence electrons. The topological polar surface area (TPSA) is 37.3 Å². The van der Waals surface area contributed by atoms with E-state index in [1.54, 1.807) is 0 Å². The molecule has 0 spiro atoms. The van der Waals surface area contributed by atoms with Crippen molar-refractivity contribution < 1.29 is 9.90 Å². The monoisotopic (exact) mass is 140 g/mol. The molecule has 0 saturated carbocycles. The van der Waals surface area contributed by atoms with Crippen molar-refractivity contribution in [2.45, 2.75) is 31.8 Å². The van der Waals surface area contributed by atoms with Crippen LogP contribution < -0.4 is 0 Å². The van der Waals surface area contributed by atoms with E-state index in [9.17, 15) is 4.79 Å². The molecular formula is C8H12O2. The predicted molar refractivity (Wildman–Crippen MR) is 38.6 cm³/mol. The first-order valence-corrected chi connectivity index (χ1v) is 3.64. The summed E-state index contributed by atoms with van der Waals surface area (Å²) in [6, 6.07) is 0. The van der Waals surface area contributed by atoms with E-state index in [1.807, 2.05) is 0 Å². The van der Waals surface area contributed by atoms with Gasteiger partial charge in [-0.25, -0.2) is 0 Å². The molecule has 0 aliphatic heterocycles. The summed E-state index contributed by atoms with van der Waals surface area (Å²) in [5.74, 6) is 0. The number of hydrogen-bond acceptors (Lipinski definition) is 2. The van der Waals surface area contributed by atoms with Gasteiger partial charge in [-0.2, -0.15) is 0 Å². The van der Waals surface area contributed by atoms with Gasteiger partial charge in [-0.15, -0.1) is 0 Å². The molecule has 0 aromatic heterocycles. The van der Waals surface area contributed by atoms with Crippen molar-refractivity contribution in [3.05, 3.63) is 11.6 Å². The van der Waals surface area contributed by atoms with Crippen molar-refractivity contribution in [2.24, 2.45) is 0 Å². The first-order chi connectivity index (χ1) is 4.83. The zero-order valence-corrected chi connectivity index (χ0v) is 5.92. The van der Waals surface area contributed by atoms with Crippen molar-refractivity contribution >= 4 is 6.29 Å². The Morgan fingerprint density at radius 1 is 1.80 bits per heavy atom. The molecule has 0 aromatic rings. The third-order valence-electron chi connectivity index (χ3n) is 1.76. The molecular weight excluding hydrogens is 128 g/mol. The van der Waals surface area contributed by atoms with E-state index in [1.165, 1.54) is 12.0 Å². The van der Waals surface area contributed by atoms with Crippen LogP contribution in [0.5, 0.6) is 0 Å². The molecule has 0 saturated heterocycles. The molecule has 0 amide bonds. The molecule has 1 N–H and O–H groups in total. The summed E-state index contributed by atoms with van der Waals surface area (Å²) in [7, 11) is 0. The number of aliphatic hydroxyl groups is 1. The van der Waals surface area contributed by atoms with Crippen molar-refractivity contribution in [1.82, 2.24) is 0 Å². The Labute approximate surface area is 60.6 Å². The summed E-state index contributed by atoms with van der Waals surface area (Å²) in [6.45, 7) is 0. The van der Waals surface area contributed by atoms with Crippen LogP contribution >= 0.6 is 0 Å². The Kier molecular flexibility index (Phi) is 2.63. The van der Waals surface area contributed by atoms with Crippen molar-refractivity contribution in [3.8, 4) is 0 Å². The van der Waals surface area contributed by atoms with Crippen LogP contribution in [-0.4, -0.2) is 17.5 Å². The number of aldehydes is 1. The maximum atomic E-state index is 10.0. The van der Waals surface area contributed by atoms with E-state index in [4.69, 9.17) is 5.11 Å². The molecule has 0 radical (unpaired) electrons. The zero-order valence-electron chi connectivity index (χ0n) is 5.92.